The molecule has 2 rings (SSSR count). The van der Waals surface area contributed by atoms with Crippen LogP contribution in [0.1, 0.15) is 22.6 Å². The van der Waals surface area contributed by atoms with E-state index in [-0.39, 0.29) is 0 Å². The van der Waals surface area contributed by atoms with Crippen LogP contribution in [0.5, 0.6) is 0 Å². The largest absolute Gasteiger partial charge is 0.398 e. The Morgan fingerprint density at radius 1 is 1.11 bits per heavy atom. The van der Waals surface area contributed by atoms with Crippen molar-refractivity contribution in [3.05, 3.63) is 64.2 Å². The molecule has 0 heterocycles. The topological polar surface area (TPSA) is 52.0 Å². The summed E-state index contributed by atoms with van der Waals surface area (Å²) >= 11 is 5.94. The van der Waals surface area contributed by atoms with Crippen molar-refractivity contribution >= 4 is 17.3 Å². The van der Waals surface area contributed by atoms with Crippen molar-refractivity contribution < 1.29 is 0 Å². The predicted molar refractivity (Wildman–Crippen MR) is 82.5 cm³/mol. The van der Waals surface area contributed by atoms with E-state index in [0.717, 1.165) is 12.0 Å². The van der Waals surface area contributed by atoms with Crippen molar-refractivity contribution in [2.24, 2.45) is 5.73 Å². The molecule has 0 radical (unpaired) electrons. The number of aryl methyl sites for hydroxylation is 1. The number of anilines is 1. The summed E-state index contributed by atoms with van der Waals surface area (Å²) in [5.74, 6) is 0.307. The third-order valence-electron chi connectivity index (χ3n) is 3.38. The number of rotatable bonds is 4. The minimum absolute atomic E-state index is 0.307. The van der Waals surface area contributed by atoms with Crippen molar-refractivity contribution in [3.8, 4) is 0 Å². The molecule has 1 unspecified atom stereocenters. The third-order valence-corrected chi connectivity index (χ3v) is 3.72. The third kappa shape index (κ3) is 3.49. The lowest BCUT2D eigenvalue weighted by Gasteiger charge is -2.16. The van der Waals surface area contributed by atoms with Gasteiger partial charge < -0.3 is 11.5 Å². The summed E-state index contributed by atoms with van der Waals surface area (Å²) in [6.45, 7) is 2.70. The van der Waals surface area contributed by atoms with Gasteiger partial charge in [0.2, 0.25) is 0 Å². The van der Waals surface area contributed by atoms with E-state index in [1.165, 1.54) is 11.1 Å². The van der Waals surface area contributed by atoms with Crippen LogP contribution in [0.25, 0.3) is 0 Å². The number of nitrogens with two attached hydrogens (primary N) is 2. The molecule has 0 saturated carbocycles. The SMILES string of the molecule is Cc1ccc(C(CN)Cc2ccc(Cl)c(N)c2)cc1. The average Bonchev–Trinajstić information content (AvgIpc) is 2.41. The van der Waals surface area contributed by atoms with Gasteiger partial charge in [-0.1, -0.05) is 47.5 Å². The Morgan fingerprint density at radius 3 is 2.37 bits per heavy atom. The van der Waals surface area contributed by atoms with Crippen molar-refractivity contribution in [2.75, 3.05) is 12.3 Å². The first-order valence-electron chi connectivity index (χ1n) is 6.40. The maximum Gasteiger partial charge on any atom is 0.0635 e. The van der Waals surface area contributed by atoms with Gasteiger partial charge in [-0.15, -0.1) is 0 Å². The van der Waals surface area contributed by atoms with Crippen LogP contribution in [0.2, 0.25) is 5.02 Å². The summed E-state index contributed by atoms with van der Waals surface area (Å²) < 4.78 is 0. The van der Waals surface area contributed by atoms with Crippen LogP contribution in [0.4, 0.5) is 5.69 Å². The molecule has 3 heteroatoms. The maximum absolute atomic E-state index is 5.94. The highest BCUT2D eigenvalue weighted by atomic mass is 35.5. The molecular weight excluding hydrogens is 256 g/mol. The first-order chi connectivity index (χ1) is 9.10. The van der Waals surface area contributed by atoms with E-state index in [2.05, 4.69) is 31.2 Å². The molecule has 0 aromatic heterocycles. The number of benzene rings is 2. The molecule has 100 valence electrons. The molecule has 0 aliphatic heterocycles. The Labute approximate surface area is 119 Å². The Morgan fingerprint density at radius 2 is 1.79 bits per heavy atom. The number of nitrogen functional groups attached to an aromatic ring is 1. The van der Waals surface area contributed by atoms with Gasteiger partial charge in [0.1, 0.15) is 0 Å². The van der Waals surface area contributed by atoms with E-state index in [0.29, 0.717) is 23.2 Å². The lowest BCUT2D eigenvalue weighted by atomic mass is 9.91. The maximum atomic E-state index is 5.94. The minimum Gasteiger partial charge on any atom is -0.398 e. The molecule has 0 aliphatic rings. The van der Waals surface area contributed by atoms with E-state index >= 15 is 0 Å². The smallest absolute Gasteiger partial charge is 0.0635 e. The second-order valence-electron chi connectivity index (χ2n) is 4.90. The summed E-state index contributed by atoms with van der Waals surface area (Å²) in [4.78, 5) is 0. The first kappa shape index (κ1) is 13.9. The highest BCUT2D eigenvalue weighted by molar-refractivity contribution is 6.33. The van der Waals surface area contributed by atoms with Crippen molar-refractivity contribution in [2.45, 2.75) is 19.3 Å². The van der Waals surface area contributed by atoms with Gasteiger partial charge in [-0.3, -0.25) is 0 Å². The first-order valence-corrected chi connectivity index (χ1v) is 6.78. The molecule has 0 fully saturated rings. The van der Waals surface area contributed by atoms with Crippen molar-refractivity contribution in [3.63, 3.8) is 0 Å². The summed E-state index contributed by atoms with van der Waals surface area (Å²) in [5.41, 5.74) is 16.0. The monoisotopic (exact) mass is 274 g/mol. The zero-order valence-electron chi connectivity index (χ0n) is 11.1. The number of halogens is 1. The van der Waals surface area contributed by atoms with E-state index in [1.807, 2.05) is 18.2 Å². The standard InChI is InChI=1S/C16H19ClN2/c1-11-2-5-13(6-3-11)14(10-18)8-12-4-7-15(17)16(19)9-12/h2-7,9,14H,8,10,18-19H2,1H3. The van der Waals surface area contributed by atoms with E-state index in [1.54, 1.807) is 0 Å². The van der Waals surface area contributed by atoms with E-state index in [9.17, 15) is 0 Å². The Hall–Kier alpha value is -1.51. The Bertz CT molecular complexity index is 549. The van der Waals surface area contributed by atoms with Crippen LogP contribution in [-0.2, 0) is 6.42 Å². The zero-order chi connectivity index (χ0) is 13.8. The Balaban J connectivity index is 2.18. The highest BCUT2D eigenvalue weighted by Gasteiger charge is 2.11. The second-order valence-corrected chi connectivity index (χ2v) is 5.31. The van der Waals surface area contributed by atoms with Gasteiger partial charge in [0.15, 0.2) is 0 Å². The van der Waals surface area contributed by atoms with Crippen LogP contribution in [0.15, 0.2) is 42.5 Å². The van der Waals surface area contributed by atoms with Crippen molar-refractivity contribution in [1.29, 1.82) is 0 Å². The fraction of sp³-hybridized carbons (Fsp3) is 0.250. The lowest BCUT2D eigenvalue weighted by Crippen LogP contribution is -2.15. The Kier molecular flexibility index (Phi) is 4.46. The van der Waals surface area contributed by atoms with Crippen LogP contribution >= 0.6 is 11.6 Å². The molecule has 2 aromatic carbocycles. The van der Waals surface area contributed by atoms with Crippen LogP contribution < -0.4 is 11.5 Å². The summed E-state index contributed by atoms with van der Waals surface area (Å²) in [6, 6.07) is 14.3. The summed E-state index contributed by atoms with van der Waals surface area (Å²) in [6.07, 6.45) is 0.876. The molecule has 19 heavy (non-hydrogen) atoms. The average molecular weight is 275 g/mol. The molecule has 0 bridgehead atoms. The van der Waals surface area contributed by atoms with Gasteiger partial charge in [-0.2, -0.15) is 0 Å². The molecule has 2 nitrogen and oxygen atoms in total. The number of hydrogen-bond donors (Lipinski definition) is 2. The molecular formula is C16H19ClN2. The predicted octanol–water partition coefficient (Wildman–Crippen LogP) is 3.52. The van der Waals surface area contributed by atoms with Gasteiger partial charge in [0.05, 0.1) is 10.7 Å². The lowest BCUT2D eigenvalue weighted by molar-refractivity contribution is 0.694. The molecule has 0 saturated heterocycles. The van der Waals surface area contributed by atoms with Gasteiger partial charge in [0, 0.05) is 5.92 Å². The normalized spacial score (nSPS) is 12.4. The van der Waals surface area contributed by atoms with Crippen LogP contribution in [-0.4, -0.2) is 6.54 Å². The fourth-order valence-electron chi connectivity index (χ4n) is 2.18. The van der Waals surface area contributed by atoms with Gasteiger partial charge in [0.25, 0.3) is 0 Å². The van der Waals surface area contributed by atoms with Gasteiger partial charge in [-0.05, 0) is 43.1 Å². The fourth-order valence-corrected chi connectivity index (χ4v) is 2.30. The second kappa shape index (κ2) is 6.09. The summed E-state index contributed by atoms with van der Waals surface area (Å²) in [5, 5.41) is 0.600. The molecule has 0 amide bonds. The van der Waals surface area contributed by atoms with E-state index in [4.69, 9.17) is 23.1 Å². The van der Waals surface area contributed by atoms with Crippen LogP contribution in [0.3, 0.4) is 0 Å². The minimum atomic E-state index is 0.307. The van der Waals surface area contributed by atoms with Crippen molar-refractivity contribution in [1.82, 2.24) is 0 Å². The molecule has 2 aromatic rings. The zero-order valence-corrected chi connectivity index (χ0v) is 11.8. The van der Waals surface area contributed by atoms with Gasteiger partial charge >= 0.3 is 0 Å². The molecule has 0 aliphatic carbocycles. The number of hydrogen-bond acceptors (Lipinski definition) is 2. The quantitative estimate of drug-likeness (QED) is 0.838. The molecule has 4 N–H and O–H groups in total. The summed E-state index contributed by atoms with van der Waals surface area (Å²) in [7, 11) is 0. The molecule has 0 spiro atoms. The molecule has 1 atom stereocenters. The van der Waals surface area contributed by atoms with E-state index < -0.39 is 0 Å². The highest BCUT2D eigenvalue weighted by Crippen LogP contribution is 2.24. The van der Waals surface area contributed by atoms with Gasteiger partial charge in [-0.25, -0.2) is 0 Å². The van der Waals surface area contributed by atoms with Crippen LogP contribution in [0, 0.1) is 6.92 Å².